The second kappa shape index (κ2) is 7.73. The molecule has 1 saturated heterocycles. The molecule has 4 heteroatoms. The average Bonchev–Trinajstić information content (AvgIpc) is 2.86. The number of nitrogens with one attached hydrogen (secondary N) is 1. The summed E-state index contributed by atoms with van der Waals surface area (Å²) in [4.78, 5) is 0. The maximum atomic E-state index is 6.05. The number of para-hydroxylation sites is 1. The molecule has 0 spiro atoms. The van der Waals surface area contributed by atoms with Crippen molar-refractivity contribution in [2.24, 2.45) is 0 Å². The lowest BCUT2D eigenvalue weighted by atomic mass is 10.2. The second-order valence-corrected chi connectivity index (χ2v) is 5.31. The highest BCUT2D eigenvalue weighted by molar-refractivity contribution is 6.32. The predicted molar refractivity (Wildman–Crippen MR) is 78.0 cm³/mol. The van der Waals surface area contributed by atoms with Crippen LogP contribution in [0, 0.1) is 0 Å². The maximum Gasteiger partial charge on any atom is 0.138 e. The first-order valence-electron chi connectivity index (χ1n) is 7.03. The molecular weight excluding hydrogens is 262 g/mol. The molecule has 1 aromatic rings. The van der Waals surface area contributed by atoms with Crippen LogP contribution in [0.5, 0.6) is 5.75 Å². The third-order valence-corrected chi connectivity index (χ3v) is 3.57. The van der Waals surface area contributed by atoms with Gasteiger partial charge >= 0.3 is 0 Å². The van der Waals surface area contributed by atoms with Gasteiger partial charge in [0.25, 0.3) is 0 Å². The summed E-state index contributed by atoms with van der Waals surface area (Å²) in [5.74, 6) is 0.736. The van der Waals surface area contributed by atoms with E-state index in [-0.39, 0.29) is 6.10 Å². The predicted octanol–water partition coefficient (Wildman–Crippen LogP) is 3.27. The zero-order valence-electron chi connectivity index (χ0n) is 11.4. The van der Waals surface area contributed by atoms with Gasteiger partial charge < -0.3 is 14.8 Å². The van der Waals surface area contributed by atoms with Crippen LogP contribution < -0.4 is 10.1 Å². The summed E-state index contributed by atoms with van der Waals surface area (Å²) in [7, 11) is 0. The number of ether oxygens (including phenoxy) is 2. The minimum absolute atomic E-state index is 0.185. The molecule has 106 valence electrons. The lowest BCUT2D eigenvalue weighted by Crippen LogP contribution is -2.28. The molecule has 1 aliphatic heterocycles. The maximum absolute atomic E-state index is 6.05. The van der Waals surface area contributed by atoms with Crippen molar-refractivity contribution in [2.45, 2.75) is 38.4 Å². The topological polar surface area (TPSA) is 30.5 Å². The van der Waals surface area contributed by atoms with Gasteiger partial charge in [0.2, 0.25) is 0 Å². The highest BCUT2D eigenvalue weighted by atomic mass is 35.5. The molecule has 1 aromatic carbocycles. The van der Waals surface area contributed by atoms with E-state index >= 15 is 0 Å². The summed E-state index contributed by atoms with van der Waals surface area (Å²) < 4.78 is 11.7. The van der Waals surface area contributed by atoms with Gasteiger partial charge in [0, 0.05) is 6.54 Å². The normalized spacial score (nSPS) is 22.6. The molecule has 0 bridgehead atoms. The average molecular weight is 284 g/mol. The van der Waals surface area contributed by atoms with Gasteiger partial charge in [0.15, 0.2) is 0 Å². The lowest BCUT2D eigenvalue weighted by Gasteiger charge is -2.15. The Balaban J connectivity index is 1.69. The van der Waals surface area contributed by atoms with Crippen molar-refractivity contribution in [3.8, 4) is 5.75 Å². The third kappa shape index (κ3) is 4.68. The Hall–Kier alpha value is -0.770. The molecule has 19 heavy (non-hydrogen) atoms. The van der Waals surface area contributed by atoms with Gasteiger partial charge in [-0.25, -0.2) is 0 Å². The Kier molecular flexibility index (Phi) is 5.95. The van der Waals surface area contributed by atoms with Gasteiger partial charge in [-0.3, -0.25) is 0 Å². The highest BCUT2D eigenvalue weighted by Gasteiger charge is 2.25. The molecule has 1 heterocycles. The largest absolute Gasteiger partial charge is 0.489 e. The third-order valence-electron chi connectivity index (χ3n) is 3.26. The molecule has 2 atom stereocenters. The number of hydrogen-bond acceptors (Lipinski definition) is 3. The van der Waals surface area contributed by atoms with Crippen LogP contribution in [0.3, 0.4) is 0 Å². The monoisotopic (exact) mass is 283 g/mol. The zero-order valence-corrected chi connectivity index (χ0v) is 12.2. The van der Waals surface area contributed by atoms with Crippen molar-refractivity contribution in [2.75, 3.05) is 19.7 Å². The van der Waals surface area contributed by atoms with Gasteiger partial charge in [0.05, 0.1) is 17.2 Å². The summed E-state index contributed by atoms with van der Waals surface area (Å²) in [6.07, 6.45) is 3.83. The van der Waals surface area contributed by atoms with E-state index in [9.17, 15) is 0 Å². The first kappa shape index (κ1) is 14.6. The second-order valence-electron chi connectivity index (χ2n) is 4.90. The molecule has 2 rings (SSSR count). The first-order valence-corrected chi connectivity index (χ1v) is 7.41. The summed E-state index contributed by atoms with van der Waals surface area (Å²) in [6, 6.07) is 7.55. The molecular formula is C15H22ClNO2. The van der Waals surface area contributed by atoms with E-state index in [2.05, 4.69) is 12.2 Å². The number of rotatable bonds is 7. The minimum atomic E-state index is 0.185. The molecule has 0 amide bonds. The van der Waals surface area contributed by atoms with Crippen molar-refractivity contribution in [3.05, 3.63) is 29.3 Å². The minimum Gasteiger partial charge on any atom is -0.489 e. The highest BCUT2D eigenvalue weighted by Crippen LogP contribution is 2.25. The number of halogens is 1. The van der Waals surface area contributed by atoms with Crippen LogP contribution in [0.15, 0.2) is 24.3 Å². The number of hydrogen-bond donors (Lipinski definition) is 1. The van der Waals surface area contributed by atoms with Gasteiger partial charge in [-0.05, 0) is 37.9 Å². The summed E-state index contributed by atoms with van der Waals surface area (Å²) in [6.45, 7) is 4.74. The summed E-state index contributed by atoms with van der Waals surface area (Å²) >= 11 is 6.05. The van der Waals surface area contributed by atoms with Crippen LogP contribution >= 0.6 is 11.6 Å². The molecule has 0 aliphatic carbocycles. The first-order chi connectivity index (χ1) is 9.29. The van der Waals surface area contributed by atoms with Crippen molar-refractivity contribution in [3.63, 3.8) is 0 Å². The fourth-order valence-corrected chi connectivity index (χ4v) is 2.43. The molecule has 1 N–H and O–H groups in total. The quantitative estimate of drug-likeness (QED) is 0.779. The Morgan fingerprint density at radius 1 is 1.32 bits per heavy atom. The van der Waals surface area contributed by atoms with Gasteiger partial charge in [-0.2, -0.15) is 0 Å². The van der Waals surface area contributed by atoms with E-state index in [0.29, 0.717) is 17.7 Å². The fourth-order valence-electron chi connectivity index (χ4n) is 2.24. The van der Waals surface area contributed by atoms with E-state index in [1.807, 2.05) is 24.3 Å². The van der Waals surface area contributed by atoms with Gasteiger partial charge in [0.1, 0.15) is 12.4 Å². The molecule has 0 saturated carbocycles. The van der Waals surface area contributed by atoms with Crippen molar-refractivity contribution in [1.29, 1.82) is 0 Å². The Labute approximate surface area is 120 Å². The van der Waals surface area contributed by atoms with E-state index < -0.39 is 0 Å². The Morgan fingerprint density at radius 2 is 2.11 bits per heavy atom. The van der Waals surface area contributed by atoms with Crippen LogP contribution in [-0.4, -0.2) is 31.9 Å². The van der Waals surface area contributed by atoms with Crippen molar-refractivity contribution in [1.82, 2.24) is 5.32 Å². The van der Waals surface area contributed by atoms with Crippen LogP contribution in [-0.2, 0) is 4.74 Å². The van der Waals surface area contributed by atoms with E-state index in [1.54, 1.807) is 0 Å². The summed E-state index contributed by atoms with van der Waals surface area (Å²) in [5, 5.41) is 4.05. The smallest absolute Gasteiger partial charge is 0.138 e. The lowest BCUT2D eigenvalue weighted by molar-refractivity contribution is 0.0187. The fraction of sp³-hybridized carbons (Fsp3) is 0.600. The van der Waals surface area contributed by atoms with E-state index in [1.165, 1.54) is 0 Å². The van der Waals surface area contributed by atoms with Crippen LogP contribution in [0.2, 0.25) is 5.02 Å². The molecule has 0 aromatic heterocycles. The molecule has 1 aliphatic rings. The van der Waals surface area contributed by atoms with Crippen molar-refractivity contribution >= 4 is 11.6 Å². The van der Waals surface area contributed by atoms with E-state index in [4.69, 9.17) is 21.1 Å². The zero-order chi connectivity index (χ0) is 13.5. The summed E-state index contributed by atoms with van der Waals surface area (Å²) in [5.41, 5.74) is 0. The van der Waals surface area contributed by atoms with Crippen LogP contribution in [0.4, 0.5) is 0 Å². The molecule has 3 nitrogen and oxygen atoms in total. The van der Waals surface area contributed by atoms with Crippen molar-refractivity contribution < 1.29 is 9.47 Å². The van der Waals surface area contributed by atoms with Gasteiger partial charge in [-0.15, -0.1) is 0 Å². The Morgan fingerprint density at radius 3 is 2.89 bits per heavy atom. The molecule has 0 radical (unpaired) electrons. The van der Waals surface area contributed by atoms with Crippen LogP contribution in [0.1, 0.15) is 26.2 Å². The van der Waals surface area contributed by atoms with E-state index in [0.717, 1.165) is 38.1 Å². The number of benzene rings is 1. The van der Waals surface area contributed by atoms with Crippen LogP contribution in [0.25, 0.3) is 0 Å². The SMILES string of the molecule is CCCNCC1CCC(COc2ccccc2Cl)O1. The van der Waals surface area contributed by atoms with Gasteiger partial charge in [-0.1, -0.05) is 30.7 Å². The standard InChI is InChI=1S/C15H22ClNO2/c1-2-9-17-10-12-7-8-13(19-12)11-18-15-6-4-3-5-14(15)16/h3-6,12-13,17H,2,7-11H2,1H3. The Bertz CT molecular complexity index is 386. The molecule has 2 unspecified atom stereocenters. The molecule has 1 fully saturated rings.